The minimum absolute atomic E-state index is 1.10. The summed E-state index contributed by atoms with van der Waals surface area (Å²) >= 11 is 0. The van der Waals surface area contributed by atoms with Crippen LogP contribution in [0.5, 0.6) is 0 Å². The van der Waals surface area contributed by atoms with Crippen molar-refractivity contribution in [1.29, 1.82) is 0 Å². The van der Waals surface area contributed by atoms with Crippen molar-refractivity contribution in [3.8, 4) is 0 Å². The van der Waals surface area contributed by atoms with Crippen molar-refractivity contribution in [2.75, 3.05) is 0 Å². The maximum Gasteiger partial charge on any atom is 0.208 e. The summed E-state index contributed by atoms with van der Waals surface area (Å²) in [5, 5.41) is 0. The first-order chi connectivity index (χ1) is 8.33. The molecule has 0 saturated carbocycles. The van der Waals surface area contributed by atoms with Crippen molar-refractivity contribution in [1.82, 2.24) is 0 Å². The number of allylic oxidation sites excluding steroid dienone is 1. The highest BCUT2D eigenvalue weighted by Gasteiger charge is 2.22. The molecule has 0 N–H and O–H groups in total. The summed E-state index contributed by atoms with van der Waals surface area (Å²) in [4.78, 5) is 0. The summed E-state index contributed by atoms with van der Waals surface area (Å²) in [7, 11) is 2.04. The van der Waals surface area contributed by atoms with Crippen LogP contribution in [0.2, 0.25) is 0 Å². The zero-order chi connectivity index (χ0) is 11.7. The standard InChI is InChI=1S/C15H16N2/c1-16-9-5-13(6-10-16)12-14-7-11-17-8-3-2-4-15(14)17/h2-6,8-10,12H,7,11H2,1H3/q+2. The van der Waals surface area contributed by atoms with Gasteiger partial charge in [-0.25, -0.2) is 4.57 Å². The maximum absolute atomic E-state index is 2.31. The molecule has 2 nitrogen and oxygen atoms in total. The van der Waals surface area contributed by atoms with Gasteiger partial charge in [0.25, 0.3) is 0 Å². The van der Waals surface area contributed by atoms with E-state index in [4.69, 9.17) is 0 Å². The molecule has 0 unspecified atom stereocenters. The molecule has 2 heteroatoms. The lowest BCUT2D eigenvalue weighted by molar-refractivity contribution is -0.689. The van der Waals surface area contributed by atoms with Crippen LogP contribution in [0.3, 0.4) is 0 Å². The molecule has 1 aliphatic heterocycles. The van der Waals surface area contributed by atoms with Crippen LogP contribution in [0.4, 0.5) is 0 Å². The van der Waals surface area contributed by atoms with Crippen LogP contribution in [0, 0.1) is 0 Å². The highest BCUT2D eigenvalue weighted by atomic mass is 15.0. The summed E-state index contributed by atoms with van der Waals surface area (Å²) in [5.74, 6) is 0. The van der Waals surface area contributed by atoms with Crippen LogP contribution in [0.1, 0.15) is 17.7 Å². The molecule has 0 atom stereocenters. The number of aryl methyl sites for hydroxylation is 2. The largest absolute Gasteiger partial charge is 0.208 e. The fourth-order valence-electron chi connectivity index (χ4n) is 2.29. The molecule has 0 radical (unpaired) electrons. The van der Waals surface area contributed by atoms with Gasteiger partial charge < -0.3 is 0 Å². The molecule has 3 rings (SSSR count). The highest BCUT2D eigenvalue weighted by Crippen LogP contribution is 2.22. The molecule has 17 heavy (non-hydrogen) atoms. The van der Waals surface area contributed by atoms with E-state index in [-0.39, 0.29) is 0 Å². The Kier molecular flexibility index (Phi) is 2.48. The molecule has 1 aliphatic rings. The van der Waals surface area contributed by atoms with Crippen molar-refractivity contribution in [2.45, 2.75) is 13.0 Å². The lowest BCUT2D eigenvalue weighted by Gasteiger charge is -1.95. The Balaban J connectivity index is 1.99. The number of pyridine rings is 2. The fourth-order valence-corrected chi connectivity index (χ4v) is 2.29. The number of hydrogen-bond donors (Lipinski definition) is 0. The predicted molar refractivity (Wildman–Crippen MR) is 66.7 cm³/mol. The number of rotatable bonds is 1. The van der Waals surface area contributed by atoms with Crippen molar-refractivity contribution in [3.05, 3.63) is 60.2 Å². The van der Waals surface area contributed by atoms with Crippen molar-refractivity contribution in [3.63, 3.8) is 0 Å². The van der Waals surface area contributed by atoms with Gasteiger partial charge in [0.1, 0.15) is 7.05 Å². The number of aromatic nitrogens is 2. The van der Waals surface area contributed by atoms with E-state index in [1.165, 1.54) is 16.8 Å². The van der Waals surface area contributed by atoms with Crippen molar-refractivity contribution < 1.29 is 9.13 Å². The minimum atomic E-state index is 1.10. The van der Waals surface area contributed by atoms with Crippen LogP contribution in [-0.2, 0) is 13.6 Å². The van der Waals surface area contributed by atoms with Crippen LogP contribution in [0.25, 0.3) is 11.6 Å². The molecule has 0 spiro atoms. The van der Waals surface area contributed by atoms with Crippen LogP contribution < -0.4 is 9.13 Å². The topological polar surface area (TPSA) is 7.76 Å². The monoisotopic (exact) mass is 224 g/mol. The molecular formula is C15H16N2+2. The predicted octanol–water partition coefficient (Wildman–Crippen LogP) is 1.74. The zero-order valence-electron chi connectivity index (χ0n) is 10.0. The summed E-state index contributed by atoms with van der Waals surface area (Å²) in [6.45, 7) is 1.10. The second kappa shape index (κ2) is 4.13. The average Bonchev–Trinajstić information content (AvgIpc) is 2.76. The number of hydrogen-bond acceptors (Lipinski definition) is 0. The van der Waals surface area contributed by atoms with Gasteiger partial charge in [0, 0.05) is 36.3 Å². The van der Waals surface area contributed by atoms with Gasteiger partial charge in [-0.15, -0.1) is 0 Å². The molecule has 0 amide bonds. The lowest BCUT2D eigenvalue weighted by atomic mass is 10.1. The Morgan fingerprint density at radius 2 is 1.88 bits per heavy atom. The SMILES string of the molecule is C[n+]1ccc(C=C2CC[n+]3ccccc32)cc1. The van der Waals surface area contributed by atoms with Gasteiger partial charge in [0.05, 0.1) is 0 Å². The Morgan fingerprint density at radius 3 is 2.71 bits per heavy atom. The smallest absolute Gasteiger partial charge is 0.208 e. The average molecular weight is 224 g/mol. The van der Waals surface area contributed by atoms with Crippen LogP contribution in [-0.4, -0.2) is 0 Å². The first-order valence-corrected chi connectivity index (χ1v) is 5.98. The Hall–Kier alpha value is -1.96. The number of fused-ring (bicyclic) bond motifs is 1. The molecule has 0 fully saturated rings. The maximum atomic E-state index is 2.31. The molecule has 0 saturated heterocycles. The molecular weight excluding hydrogens is 208 g/mol. The normalized spacial score (nSPS) is 16.2. The molecule has 2 aromatic rings. The van der Waals surface area contributed by atoms with Gasteiger partial charge in [-0.2, -0.15) is 4.57 Å². The minimum Gasteiger partial charge on any atom is -0.208 e. The third kappa shape index (κ3) is 1.98. The third-order valence-corrected chi connectivity index (χ3v) is 3.24. The van der Waals surface area contributed by atoms with Gasteiger partial charge in [0.15, 0.2) is 25.1 Å². The Morgan fingerprint density at radius 1 is 1.06 bits per heavy atom. The van der Waals surface area contributed by atoms with Crippen molar-refractivity contribution in [2.24, 2.45) is 7.05 Å². The van der Waals surface area contributed by atoms with Gasteiger partial charge >= 0.3 is 0 Å². The van der Waals surface area contributed by atoms with Gasteiger partial charge in [0.2, 0.25) is 5.69 Å². The van der Waals surface area contributed by atoms with Crippen LogP contribution >= 0.6 is 0 Å². The van der Waals surface area contributed by atoms with E-state index in [1.54, 1.807) is 0 Å². The molecule has 0 aliphatic carbocycles. The van der Waals surface area contributed by atoms with E-state index in [0.717, 1.165) is 13.0 Å². The van der Waals surface area contributed by atoms with Gasteiger partial charge in [-0.05, 0) is 17.7 Å². The molecule has 84 valence electrons. The van der Waals surface area contributed by atoms with E-state index < -0.39 is 0 Å². The molecule has 3 heterocycles. The van der Waals surface area contributed by atoms with E-state index in [9.17, 15) is 0 Å². The first-order valence-electron chi connectivity index (χ1n) is 5.98. The summed E-state index contributed by atoms with van der Waals surface area (Å²) < 4.78 is 4.37. The second-order valence-electron chi connectivity index (χ2n) is 4.50. The van der Waals surface area contributed by atoms with E-state index in [1.807, 2.05) is 7.05 Å². The molecule has 0 bridgehead atoms. The lowest BCUT2D eigenvalue weighted by Crippen LogP contribution is -2.31. The Bertz CT molecular complexity index is 568. The first kappa shape index (κ1) is 10.2. The van der Waals surface area contributed by atoms with Gasteiger partial charge in [-0.3, -0.25) is 0 Å². The van der Waals surface area contributed by atoms with Crippen molar-refractivity contribution >= 4 is 11.6 Å². The van der Waals surface area contributed by atoms with Crippen LogP contribution in [0.15, 0.2) is 48.9 Å². The fraction of sp³-hybridized carbons (Fsp3) is 0.200. The van der Waals surface area contributed by atoms with Gasteiger partial charge in [-0.1, -0.05) is 0 Å². The Labute approximate surface area is 101 Å². The molecule has 0 aromatic carbocycles. The quantitative estimate of drug-likeness (QED) is 0.652. The van der Waals surface area contributed by atoms with E-state index in [2.05, 4.69) is 64.1 Å². The van der Waals surface area contributed by atoms with E-state index >= 15 is 0 Å². The summed E-state index contributed by atoms with van der Waals surface area (Å²) in [6.07, 6.45) is 9.74. The highest BCUT2D eigenvalue weighted by molar-refractivity contribution is 5.79. The number of nitrogens with zero attached hydrogens (tertiary/aromatic N) is 2. The molecule has 2 aromatic heterocycles. The van der Waals surface area contributed by atoms with E-state index in [0.29, 0.717) is 0 Å². The summed E-state index contributed by atoms with van der Waals surface area (Å²) in [6, 6.07) is 10.7. The third-order valence-electron chi connectivity index (χ3n) is 3.24. The summed E-state index contributed by atoms with van der Waals surface area (Å²) in [5.41, 5.74) is 4.05. The second-order valence-corrected chi connectivity index (χ2v) is 4.50. The zero-order valence-corrected chi connectivity index (χ0v) is 10.0.